The van der Waals surface area contributed by atoms with E-state index in [1.807, 2.05) is 71.1 Å². The first-order chi connectivity index (χ1) is 17.0. The number of aromatic nitrogens is 2. The van der Waals surface area contributed by atoms with Crippen LogP contribution in [0.15, 0.2) is 59.9 Å². The van der Waals surface area contributed by atoms with Crippen LogP contribution in [0.2, 0.25) is 0 Å². The number of nitrogens with one attached hydrogen (secondary N) is 1. The zero-order chi connectivity index (χ0) is 24.5. The summed E-state index contributed by atoms with van der Waals surface area (Å²) in [7, 11) is 1.37. The average molecular weight is 475 g/mol. The zero-order valence-corrected chi connectivity index (χ0v) is 19.5. The van der Waals surface area contributed by atoms with Crippen molar-refractivity contribution in [2.45, 2.75) is 38.5 Å². The standard InChI is InChI=1S/C25H26N6O4/c1-3-30-23-22(24(33)28-25(30)34)31(14-17-9-7-16(8-10-17)12-21(32)35-2)20(27-23)13-18-15-29-11-5-4-6-19(29)26-18/h4-11,15,22-23H,3,12-14H2,1-2H3,(H,28,33,34). The molecule has 1 fully saturated rings. The van der Waals surface area contributed by atoms with Gasteiger partial charge in [-0.05, 0) is 30.2 Å². The number of imidazole rings is 1. The minimum Gasteiger partial charge on any atom is -0.469 e. The lowest BCUT2D eigenvalue weighted by Crippen LogP contribution is -2.64. The Balaban J connectivity index is 1.44. The maximum absolute atomic E-state index is 13.0. The third kappa shape index (κ3) is 4.34. The van der Waals surface area contributed by atoms with Gasteiger partial charge in [0, 0.05) is 31.9 Å². The molecule has 180 valence electrons. The number of rotatable bonds is 7. The smallest absolute Gasteiger partial charge is 0.325 e. The number of hydrogen-bond acceptors (Lipinski definition) is 7. The topological polar surface area (TPSA) is 109 Å². The molecule has 10 nitrogen and oxygen atoms in total. The highest BCUT2D eigenvalue weighted by molar-refractivity contribution is 6.04. The lowest BCUT2D eigenvalue weighted by atomic mass is 10.1. The number of methoxy groups -OCH3 is 1. The van der Waals surface area contributed by atoms with Crippen LogP contribution < -0.4 is 5.32 Å². The molecule has 2 aromatic heterocycles. The fourth-order valence-corrected chi connectivity index (χ4v) is 4.61. The average Bonchev–Trinajstić information content (AvgIpc) is 3.41. The van der Waals surface area contributed by atoms with Crippen LogP contribution in [-0.4, -0.2) is 68.8 Å². The first-order valence-corrected chi connectivity index (χ1v) is 11.5. The lowest BCUT2D eigenvalue weighted by Gasteiger charge is -2.37. The molecule has 0 radical (unpaired) electrons. The van der Waals surface area contributed by atoms with Gasteiger partial charge in [-0.15, -0.1) is 0 Å². The molecule has 0 bridgehead atoms. The molecule has 2 unspecified atom stereocenters. The minimum atomic E-state index is -0.630. The van der Waals surface area contributed by atoms with E-state index in [2.05, 4.69) is 10.3 Å². The van der Waals surface area contributed by atoms with Crippen molar-refractivity contribution in [1.29, 1.82) is 0 Å². The van der Waals surface area contributed by atoms with Gasteiger partial charge in [0.1, 0.15) is 11.5 Å². The number of aliphatic imine (C=N–C) groups is 1. The summed E-state index contributed by atoms with van der Waals surface area (Å²) in [6, 6.07) is 12.3. The fraction of sp³-hybridized carbons (Fsp3) is 0.320. The highest BCUT2D eigenvalue weighted by atomic mass is 16.5. The summed E-state index contributed by atoms with van der Waals surface area (Å²) < 4.78 is 6.68. The van der Waals surface area contributed by atoms with Crippen LogP contribution in [0, 0.1) is 0 Å². The number of carbonyl (C=O) groups excluding carboxylic acids is 3. The summed E-state index contributed by atoms with van der Waals surface area (Å²) in [5.74, 6) is 0.0383. The number of ether oxygens (including phenoxy) is 1. The predicted molar refractivity (Wildman–Crippen MR) is 128 cm³/mol. The number of esters is 1. The molecule has 3 amide bonds. The first kappa shape index (κ1) is 22.6. The number of likely N-dealkylation sites (N-methyl/N-ethyl adjacent to an activating group) is 1. The number of amides is 3. The van der Waals surface area contributed by atoms with Gasteiger partial charge < -0.3 is 14.0 Å². The summed E-state index contributed by atoms with van der Waals surface area (Å²) in [5, 5.41) is 2.47. The van der Waals surface area contributed by atoms with Crippen LogP contribution >= 0.6 is 0 Å². The monoisotopic (exact) mass is 474 g/mol. The van der Waals surface area contributed by atoms with Gasteiger partial charge in [-0.2, -0.15) is 0 Å². The second-order valence-electron chi connectivity index (χ2n) is 8.56. The van der Waals surface area contributed by atoms with Crippen molar-refractivity contribution in [3.8, 4) is 0 Å². The third-order valence-corrected chi connectivity index (χ3v) is 6.36. The largest absolute Gasteiger partial charge is 0.469 e. The molecule has 1 saturated heterocycles. The molecule has 5 rings (SSSR count). The van der Waals surface area contributed by atoms with Crippen LogP contribution in [-0.2, 0) is 33.7 Å². The van der Waals surface area contributed by atoms with Crippen molar-refractivity contribution in [3.05, 3.63) is 71.7 Å². The number of hydrogen-bond donors (Lipinski definition) is 1. The summed E-state index contributed by atoms with van der Waals surface area (Å²) in [5.41, 5.74) is 3.45. The summed E-state index contributed by atoms with van der Waals surface area (Å²) in [6.07, 6.45) is 3.91. The highest BCUT2D eigenvalue weighted by Crippen LogP contribution is 2.28. The van der Waals surface area contributed by atoms with Crippen molar-refractivity contribution in [1.82, 2.24) is 24.5 Å². The van der Waals surface area contributed by atoms with E-state index in [0.717, 1.165) is 22.5 Å². The number of benzene rings is 1. The second-order valence-corrected chi connectivity index (χ2v) is 8.56. The second kappa shape index (κ2) is 9.21. The van der Waals surface area contributed by atoms with E-state index >= 15 is 0 Å². The molecule has 2 aliphatic rings. The van der Waals surface area contributed by atoms with Gasteiger partial charge in [0.15, 0.2) is 12.2 Å². The Morgan fingerprint density at radius 3 is 2.57 bits per heavy atom. The van der Waals surface area contributed by atoms with E-state index in [1.165, 1.54) is 7.11 Å². The normalized spacial score (nSPS) is 19.5. The van der Waals surface area contributed by atoms with Crippen LogP contribution in [0.5, 0.6) is 0 Å². The number of nitrogens with zero attached hydrogens (tertiary/aromatic N) is 5. The van der Waals surface area contributed by atoms with Gasteiger partial charge in [0.05, 0.1) is 19.2 Å². The van der Waals surface area contributed by atoms with E-state index < -0.39 is 18.2 Å². The highest BCUT2D eigenvalue weighted by Gasteiger charge is 2.49. The molecule has 4 heterocycles. The van der Waals surface area contributed by atoms with Crippen LogP contribution in [0.25, 0.3) is 5.65 Å². The van der Waals surface area contributed by atoms with E-state index in [1.54, 1.807) is 4.90 Å². The molecule has 0 aliphatic carbocycles. The van der Waals surface area contributed by atoms with Gasteiger partial charge in [-0.1, -0.05) is 30.3 Å². The third-order valence-electron chi connectivity index (χ3n) is 6.36. The van der Waals surface area contributed by atoms with Crippen LogP contribution in [0.3, 0.4) is 0 Å². The van der Waals surface area contributed by atoms with E-state index in [0.29, 0.717) is 25.3 Å². The molecule has 1 N–H and O–H groups in total. The Morgan fingerprint density at radius 2 is 1.86 bits per heavy atom. The SMILES string of the molecule is CCN1C(=O)NC(=O)C2C1N=C(Cc1cn3ccccc3n1)N2Cc1ccc(CC(=O)OC)cc1. The summed E-state index contributed by atoms with van der Waals surface area (Å²) >= 11 is 0. The predicted octanol–water partition coefficient (Wildman–Crippen LogP) is 1.77. The summed E-state index contributed by atoms with van der Waals surface area (Å²) in [6.45, 7) is 2.72. The maximum Gasteiger partial charge on any atom is 0.325 e. The Kier molecular flexibility index (Phi) is 5.94. The molecule has 2 atom stereocenters. The van der Waals surface area contributed by atoms with Gasteiger partial charge in [-0.25, -0.2) is 14.8 Å². The van der Waals surface area contributed by atoms with Crippen molar-refractivity contribution in [2.24, 2.45) is 4.99 Å². The molecule has 0 saturated carbocycles. The van der Waals surface area contributed by atoms with Gasteiger partial charge in [0.2, 0.25) is 0 Å². The van der Waals surface area contributed by atoms with E-state index in [9.17, 15) is 14.4 Å². The Hall–Kier alpha value is -4.21. The van der Waals surface area contributed by atoms with E-state index in [4.69, 9.17) is 9.73 Å². The fourth-order valence-electron chi connectivity index (χ4n) is 4.61. The first-order valence-electron chi connectivity index (χ1n) is 11.5. The van der Waals surface area contributed by atoms with Crippen molar-refractivity contribution >= 4 is 29.4 Å². The molecular weight excluding hydrogens is 448 g/mol. The van der Waals surface area contributed by atoms with Gasteiger partial charge in [0.25, 0.3) is 5.91 Å². The number of fused-ring (bicyclic) bond motifs is 2. The minimum absolute atomic E-state index is 0.196. The molecule has 10 heteroatoms. The van der Waals surface area contributed by atoms with E-state index in [-0.39, 0.29) is 18.3 Å². The Morgan fingerprint density at radius 1 is 1.09 bits per heavy atom. The molecule has 1 aromatic carbocycles. The number of amidine groups is 1. The lowest BCUT2D eigenvalue weighted by molar-refractivity contribution is -0.139. The molecule has 2 aliphatic heterocycles. The van der Waals surface area contributed by atoms with Crippen molar-refractivity contribution in [2.75, 3.05) is 13.7 Å². The quantitative estimate of drug-likeness (QED) is 0.523. The Bertz CT molecular complexity index is 1280. The van der Waals surface area contributed by atoms with Gasteiger partial charge >= 0.3 is 12.0 Å². The Labute approximate surface area is 202 Å². The van der Waals surface area contributed by atoms with Crippen LogP contribution in [0.1, 0.15) is 23.7 Å². The number of urea groups is 1. The number of pyridine rings is 1. The zero-order valence-electron chi connectivity index (χ0n) is 19.5. The molecule has 3 aromatic rings. The summed E-state index contributed by atoms with van der Waals surface area (Å²) in [4.78, 5) is 50.0. The molecule has 0 spiro atoms. The number of imide groups is 1. The maximum atomic E-state index is 13.0. The van der Waals surface area contributed by atoms with Crippen molar-refractivity contribution in [3.63, 3.8) is 0 Å². The number of carbonyl (C=O) groups is 3. The van der Waals surface area contributed by atoms with Crippen molar-refractivity contribution < 1.29 is 19.1 Å². The molecular formula is C25H26N6O4. The van der Waals surface area contributed by atoms with Gasteiger partial charge in [-0.3, -0.25) is 19.8 Å². The molecule has 35 heavy (non-hydrogen) atoms. The van der Waals surface area contributed by atoms with Crippen LogP contribution in [0.4, 0.5) is 4.79 Å².